The van der Waals surface area contributed by atoms with E-state index in [2.05, 4.69) is 18.2 Å². The molecular weight excluding hydrogens is 237 g/mol. The number of halogens is 1. The van der Waals surface area contributed by atoms with Crippen LogP contribution in [0.1, 0.15) is 29.5 Å². The van der Waals surface area contributed by atoms with E-state index in [0.717, 1.165) is 23.1 Å². The highest BCUT2D eigenvalue weighted by atomic mass is 19.1. The first-order valence-electron chi connectivity index (χ1n) is 6.88. The second kappa shape index (κ2) is 5.14. The molecule has 0 aliphatic heterocycles. The van der Waals surface area contributed by atoms with Gasteiger partial charge < -0.3 is 5.73 Å². The van der Waals surface area contributed by atoms with Gasteiger partial charge >= 0.3 is 0 Å². The van der Waals surface area contributed by atoms with Crippen molar-refractivity contribution in [2.45, 2.75) is 32.2 Å². The van der Waals surface area contributed by atoms with Crippen LogP contribution < -0.4 is 5.73 Å². The fraction of sp³-hybridized carbons (Fsp3) is 0.294. The highest BCUT2D eigenvalue weighted by Crippen LogP contribution is 2.29. The molecule has 0 amide bonds. The molecule has 1 nitrogen and oxygen atoms in total. The van der Waals surface area contributed by atoms with Crippen molar-refractivity contribution in [3.8, 4) is 11.1 Å². The predicted molar refractivity (Wildman–Crippen MR) is 76.4 cm³/mol. The second-order valence-corrected chi connectivity index (χ2v) is 5.20. The normalized spacial score (nSPS) is 14.2. The number of benzene rings is 2. The third-order valence-electron chi connectivity index (χ3n) is 3.95. The molecule has 2 aromatic carbocycles. The van der Waals surface area contributed by atoms with Crippen LogP contribution >= 0.6 is 0 Å². The molecule has 2 aromatic rings. The Morgan fingerprint density at radius 1 is 0.947 bits per heavy atom. The molecule has 0 saturated carbocycles. The van der Waals surface area contributed by atoms with E-state index in [-0.39, 0.29) is 5.82 Å². The minimum Gasteiger partial charge on any atom is -0.326 e. The molecule has 3 rings (SSSR count). The summed E-state index contributed by atoms with van der Waals surface area (Å²) in [6, 6.07) is 11.5. The summed E-state index contributed by atoms with van der Waals surface area (Å²) in [5.41, 5.74) is 11.7. The molecule has 0 heterocycles. The standard InChI is InChI=1S/C17H18FN/c18-16-7-8-17(15(10-16)11-19)14-6-5-12-3-1-2-4-13(12)9-14/h5-10H,1-4,11,19H2. The predicted octanol–water partition coefficient (Wildman–Crippen LogP) is 3.83. The van der Waals surface area contributed by atoms with Gasteiger partial charge in [-0.1, -0.05) is 24.3 Å². The molecule has 98 valence electrons. The van der Waals surface area contributed by atoms with Gasteiger partial charge in [0.1, 0.15) is 5.82 Å². The maximum absolute atomic E-state index is 13.3. The summed E-state index contributed by atoms with van der Waals surface area (Å²) in [6.45, 7) is 0.365. The minimum absolute atomic E-state index is 0.220. The third kappa shape index (κ3) is 2.41. The lowest BCUT2D eigenvalue weighted by molar-refractivity contribution is 0.625. The number of hydrogen-bond acceptors (Lipinski definition) is 1. The topological polar surface area (TPSA) is 26.0 Å². The molecule has 0 saturated heterocycles. The van der Waals surface area contributed by atoms with Gasteiger partial charge in [0.25, 0.3) is 0 Å². The van der Waals surface area contributed by atoms with Gasteiger partial charge in [0.2, 0.25) is 0 Å². The molecule has 19 heavy (non-hydrogen) atoms. The second-order valence-electron chi connectivity index (χ2n) is 5.20. The molecule has 1 aliphatic rings. The average Bonchev–Trinajstić information content (AvgIpc) is 2.46. The maximum atomic E-state index is 13.3. The van der Waals surface area contributed by atoms with Crippen molar-refractivity contribution < 1.29 is 4.39 Å². The number of fused-ring (bicyclic) bond motifs is 1. The van der Waals surface area contributed by atoms with Crippen LogP contribution in [0.4, 0.5) is 4.39 Å². The first-order valence-corrected chi connectivity index (χ1v) is 6.88. The molecule has 0 aromatic heterocycles. The zero-order valence-electron chi connectivity index (χ0n) is 11.0. The van der Waals surface area contributed by atoms with E-state index < -0.39 is 0 Å². The van der Waals surface area contributed by atoms with Crippen molar-refractivity contribution in [2.24, 2.45) is 5.73 Å². The van der Waals surface area contributed by atoms with Gasteiger partial charge in [0.15, 0.2) is 0 Å². The Balaban J connectivity index is 2.07. The Morgan fingerprint density at radius 2 is 1.74 bits per heavy atom. The zero-order chi connectivity index (χ0) is 13.2. The van der Waals surface area contributed by atoms with Crippen LogP contribution in [0, 0.1) is 5.82 Å². The van der Waals surface area contributed by atoms with Crippen molar-refractivity contribution >= 4 is 0 Å². The lowest BCUT2D eigenvalue weighted by atomic mass is 9.88. The lowest BCUT2D eigenvalue weighted by Crippen LogP contribution is -2.04. The van der Waals surface area contributed by atoms with Crippen molar-refractivity contribution in [2.75, 3.05) is 0 Å². The van der Waals surface area contributed by atoms with Gasteiger partial charge in [-0.3, -0.25) is 0 Å². The van der Waals surface area contributed by atoms with E-state index in [1.165, 1.54) is 42.5 Å². The van der Waals surface area contributed by atoms with Crippen molar-refractivity contribution in [1.29, 1.82) is 0 Å². The SMILES string of the molecule is NCc1cc(F)ccc1-c1ccc2c(c1)CCCC2. The third-order valence-corrected chi connectivity index (χ3v) is 3.95. The van der Waals surface area contributed by atoms with Gasteiger partial charge in [-0.25, -0.2) is 4.39 Å². The van der Waals surface area contributed by atoms with Crippen LogP contribution in [-0.4, -0.2) is 0 Å². The van der Waals surface area contributed by atoms with E-state index in [1.807, 2.05) is 6.07 Å². The summed E-state index contributed by atoms with van der Waals surface area (Å²) in [5, 5.41) is 0. The van der Waals surface area contributed by atoms with Crippen LogP contribution in [0.3, 0.4) is 0 Å². The zero-order valence-corrected chi connectivity index (χ0v) is 11.0. The molecule has 0 spiro atoms. The minimum atomic E-state index is -0.220. The highest BCUT2D eigenvalue weighted by Gasteiger charge is 2.12. The van der Waals surface area contributed by atoms with E-state index >= 15 is 0 Å². The van der Waals surface area contributed by atoms with Crippen LogP contribution in [0.5, 0.6) is 0 Å². The Morgan fingerprint density at radius 3 is 2.53 bits per heavy atom. The molecule has 0 fully saturated rings. The van der Waals surface area contributed by atoms with Crippen molar-refractivity contribution in [3.63, 3.8) is 0 Å². The molecule has 0 atom stereocenters. The average molecular weight is 255 g/mol. The number of rotatable bonds is 2. The summed E-state index contributed by atoms with van der Waals surface area (Å²) in [4.78, 5) is 0. The van der Waals surface area contributed by atoms with E-state index in [1.54, 1.807) is 0 Å². The van der Waals surface area contributed by atoms with Gasteiger partial charge in [-0.2, -0.15) is 0 Å². The molecule has 1 aliphatic carbocycles. The first-order chi connectivity index (χ1) is 9.28. The number of nitrogens with two attached hydrogens (primary N) is 1. The van der Waals surface area contributed by atoms with Gasteiger partial charge in [-0.05, 0) is 65.6 Å². The van der Waals surface area contributed by atoms with E-state index in [4.69, 9.17) is 5.73 Å². The summed E-state index contributed by atoms with van der Waals surface area (Å²) >= 11 is 0. The van der Waals surface area contributed by atoms with Crippen LogP contribution in [0.25, 0.3) is 11.1 Å². The smallest absolute Gasteiger partial charge is 0.123 e. The van der Waals surface area contributed by atoms with Gasteiger partial charge in [0, 0.05) is 6.54 Å². The monoisotopic (exact) mass is 255 g/mol. The summed E-state index contributed by atoms with van der Waals surface area (Å²) in [5.74, 6) is -0.220. The maximum Gasteiger partial charge on any atom is 0.123 e. The Kier molecular flexibility index (Phi) is 3.34. The first kappa shape index (κ1) is 12.4. The quantitative estimate of drug-likeness (QED) is 0.867. The Hall–Kier alpha value is -1.67. The summed E-state index contributed by atoms with van der Waals surface area (Å²) in [7, 11) is 0. The van der Waals surface area contributed by atoms with Gasteiger partial charge in [-0.15, -0.1) is 0 Å². The Labute approximate surface area is 113 Å². The molecular formula is C17H18FN. The number of hydrogen-bond donors (Lipinski definition) is 1. The molecule has 0 radical (unpaired) electrons. The van der Waals surface area contributed by atoms with Crippen molar-refractivity contribution in [1.82, 2.24) is 0 Å². The molecule has 2 heteroatoms. The van der Waals surface area contributed by atoms with Crippen LogP contribution in [0.2, 0.25) is 0 Å². The van der Waals surface area contributed by atoms with Crippen LogP contribution in [-0.2, 0) is 19.4 Å². The van der Waals surface area contributed by atoms with E-state index in [9.17, 15) is 4.39 Å². The van der Waals surface area contributed by atoms with Crippen molar-refractivity contribution in [3.05, 3.63) is 58.9 Å². The Bertz CT molecular complexity index is 604. The summed E-state index contributed by atoms with van der Waals surface area (Å²) in [6.07, 6.45) is 4.89. The van der Waals surface area contributed by atoms with Crippen LogP contribution in [0.15, 0.2) is 36.4 Å². The fourth-order valence-electron chi connectivity index (χ4n) is 2.91. The fourth-order valence-corrected chi connectivity index (χ4v) is 2.91. The molecule has 0 bridgehead atoms. The highest BCUT2D eigenvalue weighted by molar-refractivity contribution is 5.68. The number of aryl methyl sites for hydroxylation is 2. The molecule has 0 unspecified atom stereocenters. The van der Waals surface area contributed by atoms with E-state index in [0.29, 0.717) is 6.54 Å². The van der Waals surface area contributed by atoms with Gasteiger partial charge in [0.05, 0.1) is 0 Å². The molecule has 2 N–H and O–H groups in total. The summed E-state index contributed by atoms with van der Waals surface area (Å²) < 4.78 is 13.3. The lowest BCUT2D eigenvalue weighted by Gasteiger charge is -2.17. The largest absolute Gasteiger partial charge is 0.326 e.